The number of nitrogens with one attached hydrogen (secondary N) is 1. The van der Waals surface area contributed by atoms with Crippen molar-refractivity contribution in [3.63, 3.8) is 0 Å². The van der Waals surface area contributed by atoms with Gasteiger partial charge in [0.05, 0.1) is 12.6 Å². The van der Waals surface area contributed by atoms with E-state index in [0.29, 0.717) is 6.61 Å². The van der Waals surface area contributed by atoms with Gasteiger partial charge in [-0.15, -0.1) is 0 Å². The first kappa shape index (κ1) is 13.5. The first-order chi connectivity index (χ1) is 9.31. The summed E-state index contributed by atoms with van der Waals surface area (Å²) in [5.74, 6) is 0.888. The normalized spacial score (nSPS) is 12.3. The van der Waals surface area contributed by atoms with Gasteiger partial charge in [0.25, 0.3) is 0 Å². The van der Waals surface area contributed by atoms with E-state index in [4.69, 9.17) is 4.74 Å². The number of methoxy groups -OCH3 is 1. The maximum absolute atomic E-state index is 5.17. The van der Waals surface area contributed by atoms with E-state index in [1.807, 2.05) is 30.7 Å². The SMILES string of the molecule is COCC(C)n1ccnc1NCCc1ccncc1. The van der Waals surface area contributed by atoms with Crippen LogP contribution in [0.25, 0.3) is 0 Å². The van der Waals surface area contributed by atoms with Crippen LogP contribution in [-0.4, -0.2) is 34.8 Å². The van der Waals surface area contributed by atoms with Crippen LogP contribution in [0.4, 0.5) is 5.95 Å². The molecule has 5 nitrogen and oxygen atoms in total. The predicted octanol–water partition coefficient (Wildman–Crippen LogP) is 2.14. The Balaban J connectivity index is 1.88. The van der Waals surface area contributed by atoms with Crippen LogP contribution in [0.1, 0.15) is 18.5 Å². The minimum atomic E-state index is 0.274. The van der Waals surface area contributed by atoms with Gasteiger partial charge in [0.1, 0.15) is 0 Å². The van der Waals surface area contributed by atoms with Crippen LogP contribution in [0.15, 0.2) is 36.9 Å². The molecule has 0 aliphatic rings. The van der Waals surface area contributed by atoms with Crippen LogP contribution in [0.5, 0.6) is 0 Å². The van der Waals surface area contributed by atoms with Gasteiger partial charge in [0, 0.05) is 38.4 Å². The number of imidazole rings is 1. The highest BCUT2D eigenvalue weighted by molar-refractivity contribution is 5.27. The Bertz CT molecular complexity index is 483. The smallest absolute Gasteiger partial charge is 0.203 e. The number of anilines is 1. The molecule has 0 spiro atoms. The summed E-state index contributed by atoms with van der Waals surface area (Å²) in [5.41, 5.74) is 1.27. The van der Waals surface area contributed by atoms with Crippen LogP contribution in [0.3, 0.4) is 0 Å². The number of ether oxygens (including phenoxy) is 1. The van der Waals surface area contributed by atoms with Crippen LogP contribution in [0, 0.1) is 0 Å². The topological polar surface area (TPSA) is 52.0 Å². The van der Waals surface area contributed by atoms with Crippen molar-refractivity contribution >= 4 is 5.95 Å². The second kappa shape index (κ2) is 6.89. The minimum Gasteiger partial charge on any atom is -0.383 e. The molecule has 0 fully saturated rings. The predicted molar refractivity (Wildman–Crippen MR) is 75.2 cm³/mol. The van der Waals surface area contributed by atoms with E-state index in [2.05, 4.69) is 26.8 Å². The van der Waals surface area contributed by atoms with Crippen molar-refractivity contribution in [2.24, 2.45) is 0 Å². The van der Waals surface area contributed by atoms with E-state index < -0.39 is 0 Å². The van der Waals surface area contributed by atoms with E-state index in [-0.39, 0.29) is 6.04 Å². The Morgan fingerprint density at radius 3 is 2.84 bits per heavy atom. The summed E-state index contributed by atoms with van der Waals surface area (Å²) in [5, 5.41) is 3.36. The van der Waals surface area contributed by atoms with Gasteiger partial charge in [-0.25, -0.2) is 4.98 Å². The number of nitrogens with zero attached hydrogens (tertiary/aromatic N) is 3. The van der Waals surface area contributed by atoms with Crippen molar-refractivity contribution < 1.29 is 4.74 Å². The fraction of sp³-hybridized carbons (Fsp3) is 0.429. The van der Waals surface area contributed by atoms with Crippen LogP contribution in [0.2, 0.25) is 0 Å². The second-order valence-corrected chi connectivity index (χ2v) is 4.49. The lowest BCUT2D eigenvalue weighted by Crippen LogP contribution is -2.15. The third kappa shape index (κ3) is 3.79. The highest BCUT2D eigenvalue weighted by atomic mass is 16.5. The zero-order valence-corrected chi connectivity index (χ0v) is 11.4. The Morgan fingerprint density at radius 2 is 2.11 bits per heavy atom. The molecule has 19 heavy (non-hydrogen) atoms. The molecule has 0 aliphatic heterocycles. The van der Waals surface area contributed by atoms with Crippen molar-refractivity contribution in [2.75, 3.05) is 25.6 Å². The van der Waals surface area contributed by atoms with Gasteiger partial charge in [-0.2, -0.15) is 0 Å². The summed E-state index contributed by atoms with van der Waals surface area (Å²) in [6.45, 7) is 3.63. The Hall–Kier alpha value is -1.88. The summed E-state index contributed by atoms with van der Waals surface area (Å²) in [7, 11) is 1.71. The zero-order valence-electron chi connectivity index (χ0n) is 11.4. The maximum Gasteiger partial charge on any atom is 0.203 e. The molecule has 0 aromatic carbocycles. The molecular formula is C14H20N4O. The monoisotopic (exact) mass is 260 g/mol. The quantitative estimate of drug-likeness (QED) is 0.828. The molecule has 5 heteroatoms. The molecule has 1 unspecified atom stereocenters. The summed E-state index contributed by atoms with van der Waals surface area (Å²) >= 11 is 0. The fourth-order valence-electron chi connectivity index (χ4n) is 2.00. The summed E-state index contributed by atoms with van der Waals surface area (Å²) < 4.78 is 7.27. The van der Waals surface area contributed by atoms with Crippen molar-refractivity contribution in [3.8, 4) is 0 Å². The molecule has 1 atom stereocenters. The largest absolute Gasteiger partial charge is 0.383 e. The summed E-state index contributed by atoms with van der Waals surface area (Å²) in [6.07, 6.45) is 8.36. The lowest BCUT2D eigenvalue weighted by molar-refractivity contribution is 0.163. The van der Waals surface area contributed by atoms with Crippen LogP contribution in [-0.2, 0) is 11.2 Å². The Morgan fingerprint density at radius 1 is 1.32 bits per heavy atom. The van der Waals surface area contributed by atoms with Gasteiger partial charge in [0.2, 0.25) is 5.95 Å². The number of hydrogen-bond acceptors (Lipinski definition) is 4. The molecule has 0 bridgehead atoms. The summed E-state index contributed by atoms with van der Waals surface area (Å²) in [6, 6.07) is 4.33. The molecule has 2 heterocycles. The van der Waals surface area contributed by atoms with Crippen molar-refractivity contribution in [1.29, 1.82) is 0 Å². The average molecular weight is 260 g/mol. The third-order valence-corrected chi connectivity index (χ3v) is 3.00. The molecule has 2 rings (SSSR count). The molecular weight excluding hydrogens is 240 g/mol. The second-order valence-electron chi connectivity index (χ2n) is 4.49. The number of aromatic nitrogens is 3. The Labute approximate surface area is 113 Å². The Kier molecular flexibility index (Phi) is 4.92. The molecule has 102 valence electrons. The molecule has 2 aromatic heterocycles. The van der Waals surface area contributed by atoms with Gasteiger partial charge in [-0.3, -0.25) is 4.98 Å². The van der Waals surface area contributed by atoms with Gasteiger partial charge in [-0.1, -0.05) is 0 Å². The van der Waals surface area contributed by atoms with E-state index in [9.17, 15) is 0 Å². The third-order valence-electron chi connectivity index (χ3n) is 3.00. The van der Waals surface area contributed by atoms with Gasteiger partial charge < -0.3 is 14.6 Å². The van der Waals surface area contributed by atoms with Crippen molar-refractivity contribution in [1.82, 2.24) is 14.5 Å². The van der Waals surface area contributed by atoms with E-state index in [0.717, 1.165) is 18.9 Å². The van der Waals surface area contributed by atoms with Gasteiger partial charge in [-0.05, 0) is 31.0 Å². The molecule has 0 saturated carbocycles. The average Bonchev–Trinajstić information content (AvgIpc) is 2.89. The molecule has 2 aromatic rings. The lowest BCUT2D eigenvalue weighted by Gasteiger charge is -2.16. The first-order valence-corrected chi connectivity index (χ1v) is 6.46. The molecule has 0 aliphatic carbocycles. The molecule has 0 saturated heterocycles. The van der Waals surface area contributed by atoms with Crippen LogP contribution < -0.4 is 5.32 Å². The van der Waals surface area contributed by atoms with E-state index >= 15 is 0 Å². The number of hydrogen-bond donors (Lipinski definition) is 1. The molecule has 0 amide bonds. The summed E-state index contributed by atoms with van der Waals surface area (Å²) in [4.78, 5) is 8.35. The lowest BCUT2D eigenvalue weighted by atomic mass is 10.2. The zero-order chi connectivity index (χ0) is 13.5. The first-order valence-electron chi connectivity index (χ1n) is 6.46. The highest BCUT2D eigenvalue weighted by Crippen LogP contribution is 2.13. The highest BCUT2D eigenvalue weighted by Gasteiger charge is 2.08. The van der Waals surface area contributed by atoms with Gasteiger partial charge in [0.15, 0.2) is 0 Å². The maximum atomic E-state index is 5.17. The van der Waals surface area contributed by atoms with E-state index in [1.54, 1.807) is 13.3 Å². The number of pyridine rings is 1. The van der Waals surface area contributed by atoms with Crippen molar-refractivity contribution in [3.05, 3.63) is 42.5 Å². The van der Waals surface area contributed by atoms with E-state index in [1.165, 1.54) is 5.56 Å². The van der Waals surface area contributed by atoms with Crippen molar-refractivity contribution in [2.45, 2.75) is 19.4 Å². The van der Waals surface area contributed by atoms with Gasteiger partial charge >= 0.3 is 0 Å². The molecule has 1 N–H and O–H groups in total. The fourth-order valence-corrected chi connectivity index (χ4v) is 2.00. The number of rotatable bonds is 7. The molecule has 0 radical (unpaired) electrons. The minimum absolute atomic E-state index is 0.274. The van der Waals surface area contributed by atoms with Crippen LogP contribution >= 0.6 is 0 Å². The standard InChI is InChI=1S/C14H20N4O/c1-12(11-19-2)18-10-9-17-14(18)16-8-5-13-3-6-15-7-4-13/h3-4,6-7,9-10,12H,5,8,11H2,1-2H3,(H,16,17).